The van der Waals surface area contributed by atoms with Crippen LogP contribution in [0.15, 0.2) is 121 Å². The van der Waals surface area contributed by atoms with Crippen LogP contribution in [0.4, 0.5) is 34.1 Å². The molecular weight excluding hydrogens is 848 g/mol. The van der Waals surface area contributed by atoms with Crippen LogP contribution in [0.5, 0.6) is 11.5 Å². The van der Waals surface area contributed by atoms with Crippen molar-refractivity contribution in [2.24, 2.45) is 0 Å². The Balaban J connectivity index is 1.32. The van der Waals surface area contributed by atoms with Crippen LogP contribution in [0.3, 0.4) is 0 Å². The van der Waals surface area contributed by atoms with Crippen molar-refractivity contribution < 1.29 is 9.47 Å². The molecule has 0 aliphatic carbocycles. The van der Waals surface area contributed by atoms with Gasteiger partial charge in [-0.25, -0.2) is 0 Å². The van der Waals surface area contributed by atoms with Crippen LogP contribution >= 0.6 is 23.2 Å². The van der Waals surface area contributed by atoms with E-state index in [1.807, 2.05) is 13.8 Å². The van der Waals surface area contributed by atoms with Gasteiger partial charge < -0.3 is 39.7 Å². The lowest BCUT2D eigenvalue weighted by molar-refractivity contribution is 0.340. The van der Waals surface area contributed by atoms with E-state index in [1.165, 1.54) is 0 Å². The van der Waals surface area contributed by atoms with Gasteiger partial charge in [-0.2, -0.15) is 0 Å². The largest absolute Gasteiger partial charge is 0.492 e. The van der Waals surface area contributed by atoms with Gasteiger partial charge in [-0.15, -0.1) is 0 Å². The SMILES string of the molecule is CCOc1ccc(C(Nc2ccc(Cc3ccc(NC(c4ccccc4)c4ccc(OCC)c(N(C)C)c4N(CC)CC)c(Cl)c3)cc2Cl)c2ccccc2)c(N(CC)CC)c1N(C)C. The summed E-state index contributed by atoms with van der Waals surface area (Å²) in [5.74, 6) is 1.74. The Hall–Kier alpha value is -5.70. The van der Waals surface area contributed by atoms with Gasteiger partial charge in [0, 0.05) is 65.5 Å². The summed E-state index contributed by atoms with van der Waals surface area (Å²) >= 11 is 14.4. The Morgan fingerprint density at radius 1 is 0.462 bits per heavy atom. The Morgan fingerprint density at radius 2 is 0.831 bits per heavy atom. The van der Waals surface area contributed by atoms with E-state index in [0.717, 1.165) is 105 Å². The molecule has 2 N–H and O–H groups in total. The topological polar surface area (TPSA) is 55.5 Å². The molecule has 6 rings (SSSR count). The zero-order chi connectivity index (χ0) is 46.6. The summed E-state index contributed by atoms with van der Waals surface area (Å²) in [5, 5.41) is 9.04. The predicted molar refractivity (Wildman–Crippen MR) is 281 cm³/mol. The minimum absolute atomic E-state index is 0.191. The quantitative estimate of drug-likeness (QED) is 0.0699. The molecule has 2 atom stereocenters. The van der Waals surface area contributed by atoms with Gasteiger partial charge in [-0.3, -0.25) is 0 Å². The lowest BCUT2D eigenvalue weighted by atomic mass is 9.94. The van der Waals surface area contributed by atoms with Gasteiger partial charge in [0.25, 0.3) is 0 Å². The number of nitrogens with zero attached hydrogens (tertiary/aromatic N) is 4. The highest BCUT2D eigenvalue weighted by Crippen LogP contribution is 2.47. The highest BCUT2D eigenvalue weighted by Gasteiger charge is 2.29. The summed E-state index contributed by atoms with van der Waals surface area (Å²) in [5.41, 5.74) is 12.9. The van der Waals surface area contributed by atoms with Crippen molar-refractivity contribution in [1.29, 1.82) is 0 Å². The van der Waals surface area contributed by atoms with E-state index in [-0.39, 0.29) is 12.1 Å². The molecule has 0 radical (unpaired) electrons. The normalized spacial score (nSPS) is 12.0. The van der Waals surface area contributed by atoms with Gasteiger partial charge in [0.05, 0.1) is 58.1 Å². The van der Waals surface area contributed by atoms with Gasteiger partial charge in [0.1, 0.15) is 22.9 Å². The zero-order valence-electron chi connectivity index (χ0n) is 40.0. The molecule has 8 nitrogen and oxygen atoms in total. The molecule has 0 spiro atoms. The van der Waals surface area contributed by atoms with Gasteiger partial charge in [0.2, 0.25) is 0 Å². The molecule has 65 heavy (non-hydrogen) atoms. The molecule has 0 fully saturated rings. The van der Waals surface area contributed by atoms with Crippen molar-refractivity contribution in [3.8, 4) is 11.5 Å². The average Bonchev–Trinajstić information content (AvgIpc) is 3.30. The van der Waals surface area contributed by atoms with E-state index in [4.69, 9.17) is 32.7 Å². The summed E-state index contributed by atoms with van der Waals surface area (Å²) in [6, 6.07) is 42.0. The van der Waals surface area contributed by atoms with E-state index >= 15 is 0 Å². The summed E-state index contributed by atoms with van der Waals surface area (Å²) < 4.78 is 12.4. The monoisotopic (exact) mass is 914 g/mol. The lowest BCUT2D eigenvalue weighted by Gasteiger charge is -2.34. The molecule has 6 aromatic carbocycles. The van der Waals surface area contributed by atoms with Crippen LogP contribution in [0.2, 0.25) is 10.0 Å². The van der Waals surface area contributed by atoms with Crippen molar-refractivity contribution in [2.75, 3.05) is 97.8 Å². The number of hydrogen-bond acceptors (Lipinski definition) is 8. The molecule has 2 unspecified atom stereocenters. The highest BCUT2D eigenvalue weighted by molar-refractivity contribution is 6.33. The first-order valence-electron chi connectivity index (χ1n) is 23.1. The highest BCUT2D eigenvalue weighted by atomic mass is 35.5. The third-order valence-electron chi connectivity index (χ3n) is 11.9. The molecule has 10 heteroatoms. The van der Waals surface area contributed by atoms with E-state index in [2.05, 4.69) is 207 Å². The van der Waals surface area contributed by atoms with Crippen LogP contribution in [-0.4, -0.2) is 67.6 Å². The van der Waals surface area contributed by atoms with Crippen LogP contribution in [-0.2, 0) is 6.42 Å². The number of halogens is 2. The summed E-state index contributed by atoms with van der Waals surface area (Å²) in [7, 11) is 8.34. The lowest BCUT2D eigenvalue weighted by Crippen LogP contribution is -2.28. The average molecular weight is 916 g/mol. The fraction of sp³-hybridized carbons (Fsp3) is 0.345. The number of rotatable bonds is 22. The summed E-state index contributed by atoms with van der Waals surface area (Å²) in [4.78, 5) is 9.14. The molecule has 0 aliphatic rings. The van der Waals surface area contributed by atoms with E-state index in [0.29, 0.717) is 29.7 Å². The maximum absolute atomic E-state index is 7.21. The Bertz CT molecular complexity index is 2280. The van der Waals surface area contributed by atoms with Gasteiger partial charge in [-0.1, -0.05) is 108 Å². The molecule has 0 amide bonds. The second kappa shape index (κ2) is 23.0. The third-order valence-corrected chi connectivity index (χ3v) is 12.5. The third kappa shape index (κ3) is 11.2. The Morgan fingerprint density at radius 3 is 1.14 bits per heavy atom. The molecule has 0 aliphatic heterocycles. The van der Waals surface area contributed by atoms with Crippen molar-refractivity contribution in [1.82, 2.24) is 0 Å². The minimum atomic E-state index is -0.191. The first-order valence-corrected chi connectivity index (χ1v) is 23.9. The number of hydrogen-bond donors (Lipinski definition) is 2. The Kier molecular flexibility index (Phi) is 17.2. The van der Waals surface area contributed by atoms with Crippen molar-refractivity contribution in [3.05, 3.63) is 165 Å². The van der Waals surface area contributed by atoms with Crippen molar-refractivity contribution in [2.45, 2.75) is 60.0 Å². The maximum atomic E-state index is 7.21. The molecule has 6 aromatic rings. The number of ether oxygens (including phenoxy) is 2. The molecule has 0 saturated heterocycles. The molecular formula is C55H68Cl2N6O2. The summed E-state index contributed by atoms with van der Waals surface area (Å²) in [6.07, 6.45) is 0.665. The van der Waals surface area contributed by atoms with Gasteiger partial charge in [0.15, 0.2) is 0 Å². The van der Waals surface area contributed by atoms with Gasteiger partial charge >= 0.3 is 0 Å². The smallest absolute Gasteiger partial charge is 0.144 e. The van der Waals surface area contributed by atoms with E-state index in [1.54, 1.807) is 0 Å². The number of benzene rings is 6. The molecule has 344 valence electrons. The van der Waals surface area contributed by atoms with Crippen LogP contribution in [0.1, 0.15) is 87.0 Å². The standard InChI is InChI=1S/C55H68Cl2N6O2/c1-11-62(12-2)52-42(29-33-48(64-15-5)54(52)60(7)8)50(40-23-19-17-20-24-40)58-46-31-27-38(36-44(46)56)35-39-28-32-47(45(57)37-39)59-51(41-25-21-18-22-26-41)43-30-34-49(65-16-6)55(61(9)10)53(43)63(13-3)14-4/h17-34,36-37,50-51,58-59H,11-16,35H2,1-10H3. The van der Waals surface area contributed by atoms with Crippen molar-refractivity contribution in [3.63, 3.8) is 0 Å². The Labute approximate surface area is 399 Å². The fourth-order valence-electron chi connectivity index (χ4n) is 8.86. The predicted octanol–water partition coefficient (Wildman–Crippen LogP) is 13.6. The van der Waals surface area contributed by atoms with Crippen LogP contribution < -0.4 is 39.7 Å². The summed E-state index contributed by atoms with van der Waals surface area (Å²) in [6.45, 7) is 17.4. The van der Waals surface area contributed by atoms with Crippen LogP contribution in [0.25, 0.3) is 0 Å². The van der Waals surface area contributed by atoms with Crippen molar-refractivity contribution >= 4 is 57.3 Å². The second-order valence-corrected chi connectivity index (χ2v) is 17.3. The first-order chi connectivity index (χ1) is 31.5. The number of nitrogens with one attached hydrogen (secondary N) is 2. The zero-order valence-corrected chi connectivity index (χ0v) is 41.5. The minimum Gasteiger partial charge on any atom is -0.492 e. The first kappa shape index (κ1) is 48.7. The molecule has 0 heterocycles. The van der Waals surface area contributed by atoms with Gasteiger partial charge in [-0.05, 0) is 107 Å². The maximum Gasteiger partial charge on any atom is 0.144 e. The van der Waals surface area contributed by atoms with E-state index in [9.17, 15) is 0 Å². The van der Waals surface area contributed by atoms with E-state index < -0.39 is 0 Å². The number of anilines is 6. The molecule has 0 bridgehead atoms. The van der Waals surface area contributed by atoms with Crippen LogP contribution in [0, 0.1) is 0 Å². The fourth-order valence-corrected chi connectivity index (χ4v) is 9.38. The molecule has 0 aromatic heterocycles. The molecule has 0 saturated carbocycles. The second-order valence-electron chi connectivity index (χ2n) is 16.5.